The Bertz CT molecular complexity index is 384. The predicted octanol–water partition coefficient (Wildman–Crippen LogP) is 1.16. The zero-order chi connectivity index (χ0) is 12.3. The number of hydrogen-bond donors (Lipinski definition) is 2. The fraction of sp³-hybridized carbons (Fsp3) is 0.636. The van der Waals surface area contributed by atoms with Gasteiger partial charge < -0.3 is 15.5 Å². The maximum atomic E-state index is 13.5. The Balaban J connectivity index is 2.06. The molecule has 1 unspecified atom stereocenters. The summed E-state index contributed by atoms with van der Waals surface area (Å²) in [5, 5.41) is 6.10. The lowest BCUT2D eigenvalue weighted by Gasteiger charge is -2.14. The maximum absolute atomic E-state index is 13.5. The van der Waals surface area contributed by atoms with Gasteiger partial charge in [-0.15, -0.1) is 0 Å². The molecule has 0 spiro atoms. The summed E-state index contributed by atoms with van der Waals surface area (Å²) in [4.78, 5) is 10.2. The molecule has 17 heavy (non-hydrogen) atoms. The van der Waals surface area contributed by atoms with Crippen molar-refractivity contribution in [3.63, 3.8) is 0 Å². The van der Waals surface area contributed by atoms with Gasteiger partial charge in [-0.3, -0.25) is 0 Å². The Kier molecular flexibility index (Phi) is 3.73. The van der Waals surface area contributed by atoms with Gasteiger partial charge in [-0.1, -0.05) is 0 Å². The topological polar surface area (TPSA) is 53.1 Å². The van der Waals surface area contributed by atoms with Crippen LogP contribution in [0.3, 0.4) is 0 Å². The third kappa shape index (κ3) is 3.03. The number of hydrogen-bond acceptors (Lipinski definition) is 5. The van der Waals surface area contributed by atoms with Crippen LogP contribution >= 0.6 is 0 Å². The van der Waals surface area contributed by atoms with Gasteiger partial charge in [0.2, 0.25) is 5.95 Å². The summed E-state index contributed by atoms with van der Waals surface area (Å²) in [6, 6.07) is 0.263. The number of anilines is 2. The fourth-order valence-electron chi connectivity index (χ4n) is 1.96. The van der Waals surface area contributed by atoms with E-state index in [9.17, 15) is 4.39 Å². The van der Waals surface area contributed by atoms with Gasteiger partial charge in [0, 0.05) is 19.1 Å². The molecule has 1 saturated heterocycles. The average Bonchev–Trinajstić information content (AvgIpc) is 2.69. The lowest BCUT2D eigenvalue weighted by Crippen LogP contribution is -2.24. The van der Waals surface area contributed by atoms with Crippen LogP contribution in [0.25, 0.3) is 0 Å². The minimum absolute atomic E-state index is 0.263. The lowest BCUT2D eigenvalue weighted by molar-refractivity contribution is 0.413. The highest BCUT2D eigenvalue weighted by Gasteiger charge is 2.20. The molecule has 1 aromatic rings. The Labute approximate surface area is 100 Å². The second kappa shape index (κ2) is 5.27. The van der Waals surface area contributed by atoms with Crippen LogP contribution in [-0.4, -0.2) is 47.6 Å². The molecule has 6 heteroatoms. The number of likely N-dealkylation sites (tertiary alicyclic amines) is 1. The van der Waals surface area contributed by atoms with E-state index in [4.69, 9.17) is 0 Å². The first-order chi connectivity index (χ1) is 8.19. The van der Waals surface area contributed by atoms with Gasteiger partial charge >= 0.3 is 0 Å². The van der Waals surface area contributed by atoms with Crippen LogP contribution in [-0.2, 0) is 0 Å². The molecule has 0 bridgehead atoms. The number of nitrogens with one attached hydrogen (secondary N) is 2. The molecule has 0 saturated carbocycles. The van der Waals surface area contributed by atoms with Crippen molar-refractivity contribution in [1.82, 2.24) is 14.9 Å². The van der Waals surface area contributed by atoms with Crippen LogP contribution in [0.4, 0.5) is 16.2 Å². The highest BCUT2D eigenvalue weighted by molar-refractivity contribution is 5.42. The monoisotopic (exact) mass is 239 g/mol. The molecule has 2 rings (SSSR count). The van der Waals surface area contributed by atoms with E-state index in [1.54, 1.807) is 0 Å². The first-order valence-corrected chi connectivity index (χ1v) is 5.90. The normalized spacial score (nSPS) is 20.5. The van der Waals surface area contributed by atoms with Crippen LogP contribution in [0.1, 0.15) is 13.3 Å². The van der Waals surface area contributed by atoms with E-state index in [0.717, 1.165) is 26.1 Å². The molecule has 5 nitrogen and oxygen atoms in total. The second-order valence-electron chi connectivity index (χ2n) is 4.31. The molecule has 2 heterocycles. The molecule has 0 amide bonds. The van der Waals surface area contributed by atoms with Crippen molar-refractivity contribution < 1.29 is 4.39 Å². The Morgan fingerprint density at radius 2 is 2.41 bits per heavy atom. The van der Waals surface area contributed by atoms with E-state index < -0.39 is 5.82 Å². The molecule has 0 aliphatic carbocycles. The number of likely N-dealkylation sites (N-methyl/N-ethyl adjacent to an activating group) is 1. The van der Waals surface area contributed by atoms with Crippen molar-refractivity contribution >= 4 is 11.8 Å². The Morgan fingerprint density at radius 3 is 3.06 bits per heavy atom. The minimum Gasteiger partial charge on any atom is -0.363 e. The Morgan fingerprint density at radius 1 is 1.59 bits per heavy atom. The van der Waals surface area contributed by atoms with Crippen LogP contribution in [0.15, 0.2) is 6.20 Å². The van der Waals surface area contributed by atoms with Gasteiger partial charge in [0.05, 0.1) is 6.20 Å². The quantitative estimate of drug-likeness (QED) is 0.826. The molecule has 1 fully saturated rings. The average molecular weight is 239 g/mol. The van der Waals surface area contributed by atoms with Gasteiger partial charge in [-0.25, -0.2) is 9.37 Å². The first kappa shape index (κ1) is 12.0. The third-order valence-electron chi connectivity index (χ3n) is 2.81. The van der Waals surface area contributed by atoms with Crippen LogP contribution in [0.2, 0.25) is 0 Å². The standard InChI is InChI=1S/C11H18FN5/c1-3-13-11-14-6-9(12)10(16-11)15-8-4-5-17(2)7-8/h6,8H,3-5,7H2,1-2H3,(H2,13,14,15,16). The third-order valence-corrected chi connectivity index (χ3v) is 2.81. The number of nitrogens with zero attached hydrogens (tertiary/aromatic N) is 3. The van der Waals surface area contributed by atoms with E-state index in [1.807, 2.05) is 6.92 Å². The molecule has 1 aliphatic rings. The molecule has 0 aromatic carbocycles. The predicted molar refractivity (Wildman–Crippen MR) is 65.7 cm³/mol. The van der Waals surface area contributed by atoms with Crippen LogP contribution < -0.4 is 10.6 Å². The molecule has 94 valence electrons. The van der Waals surface area contributed by atoms with Crippen molar-refractivity contribution in [1.29, 1.82) is 0 Å². The van der Waals surface area contributed by atoms with E-state index in [1.165, 1.54) is 6.20 Å². The first-order valence-electron chi connectivity index (χ1n) is 5.90. The van der Waals surface area contributed by atoms with Crippen LogP contribution in [0.5, 0.6) is 0 Å². The smallest absolute Gasteiger partial charge is 0.224 e. The molecular formula is C11H18FN5. The fourth-order valence-corrected chi connectivity index (χ4v) is 1.96. The van der Waals surface area contributed by atoms with Gasteiger partial charge in [0.15, 0.2) is 11.6 Å². The maximum Gasteiger partial charge on any atom is 0.224 e. The van der Waals surface area contributed by atoms with E-state index >= 15 is 0 Å². The lowest BCUT2D eigenvalue weighted by atomic mass is 10.2. The highest BCUT2D eigenvalue weighted by atomic mass is 19.1. The van der Waals surface area contributed by atoms with E-state index in [2.05, 4.69) is 32.5 Å². The summed E-state index contributed by atoms with van der Waals surface area (Å²) in [6.07, 6.45) is 2.21. The highest BCUT2D eigenvalue weighted by Crippen LogP contribution is 2.16. The van der Waals surface area contributed by atoms with Gasteiger partial charge in [0.1, 0.15) is 0 Å². The van der Waals surface area contributed by atoms with Crippen molar-refractivity contribution in [2.45, 2.75) is 19.4 Å². The van der Waals surface area contributed by atoms with Gasteiger partial charge in [-0.05, 0) is 26.9 Å². The van der Waals surface area contributed by atoms with Crippen molar-refractivity contribution in [3.05, 3.63) is 12.0 Å². The molecular weight excluding hydrogens is 221 g/mol. The SMILES string of the molecule is CCNc1ncc(F)c(NC2CCN(C)C2)n1. The summed E-state index contributed by atoms with van der Waals surface area (Å²) in [5.41, 5.74) is 0. The van der Waals surface area contributed by atoms with Crippen LogP contribution in [0, 0.1) is 5.82 Å². The molecule has 2 N–H and O–H groups in total. The summed E-state index contributed by atoms with van der Waals surface area (Å²) in [7, 11) is 2.06. The number of halogens is 1. The molecule has 1 aromatic heterocycles. The zero-order valence-electron chi connectivity index (χ0n) is 10.2. The summed E-state index contributed by atoms with van der Waals surface area (Å²) in [6.45, 7) is 4.62. The van der Waals surface area contributed by atoms with Crippen molar-refractivity contribution in [2.75, 3.05) is 37.3 Å². The molecule has 0 radical (unpaired) electrons. The van der Waals surface area contributed by atoms with Crippen molar-refractivity contribution in [3.8, 4) is 0 Å². The summed E-state index contributed by atoms with van der Waals surface area (Å²) in [5.74, 6) is 0.347. The molecule has 1 atom stereocenters. The molecule has 1 aliphatic heterocycles. The van der Waals surface area contributed by atoms with Crippen molar-refractivity contribution in [2.24, 2.45) is 0 Å². The largest absolute Gasteiger partial charge is 0.363 e. The number of aromatic nitrogens is 2. The zero-order valence-corrected chi connectivity index (χ0v) is 10.2. The number of rotatable bonds is 4. The Hall–Kier alpha value is -1.43. The second-order valence-corrected chi connectivity index (χ2v) is 4.31. The van der Waals surface area contributed by atoms with E-state index in [0.29, 0.717) is 5.95 Å². The summed E-state index contributed by atoms with van der Waals surface area (Å²) >= 11 is 0. The van der Waals surface area contributed by atoms with E-state index in [-0.39, 0.29) is 11.9 Å². The van der Waals surface area contributed by atoms with Gasteiger partial charge in [-0.2, -0.15) is 4.98 Å². The minimum atomic E-state index is -0.402. The summed E-state index contributed by atoms with van der Waals surface area (Å²) < 4.78 is 13.5. The van der Waals surface area contributed by atoms with Gasteiger partial charge in [0.25, 0.3) is 0 Å².